The average molecular weight is 464 g/mol. The highest BCUT2D eigenvalue weighted by Gasteiger charge is 2.20. The van der Waals surface area contributed by atoms with E-state index in [2.05, 4.69) is 10.4 Å². The topological polar surface area (TPSA) is 81.1 Å². The van der Waals surface area contributed by atoms with Crippen LogP contribution in [0.5, 0.6) is 0 Å². The minimum Gasteiger partial charge on any atom is -0.351 e. The number of halogens is 1. The maximum Gasteiger partial charge on any atom is 0.255 e. The lowest BCUT2D eigenvalue weighted by Crippen LogP contribution is -2.29. The van der Waals surface area contributed by atoms with Crippen molar-refractivity contribution < 1.29 is 17.6 Å². The lowest BCUT2D eigenvalue weighted by atomic mass is 10.1. The zero-order valence-electron chi connectivity index (χ0n) is 17.9. The molecule has 1 heterocycles. The number of nitrogens with zero attached hydrogens (tertiary/aromatic N) is 2. The Bertz CT molecular complexity index is 1360. The minimum atomic E-state index is -3.52. The van der Waals surface area contributed by atoms with Gasteiger partial charge in [-0.15, -0.1) is 0 Å². The van der Waals surface area contributed by atoms with Gasteiger partial charge in [0, 0.05) is 18.3 Å². The molecule has 0 aliphatic rings. The highest BCUT2D eigenvalue weighted by molar-refractivity contribution is 7.91. The molecule has 0 atom stereocenters. The molecule has 0 aliphatic carbocycles. The predicted molar refractivity (Wildman–Crippen MR) is 125 cm³/mol. The number of nitrogens with one attached hydrogen (secondary N) is 1. The second-order valence-corrected chi connectivity index (χ2v) is 9.68. The molecule has 1 aromatic heterocycles. The van der Waals surface area contributed by atoms with Gasteiger partial charge in [-0.1, -0.05) is 48.0 Å². The van der Waals surface area contributed by atoms with Crippen molar-refractivity contribution in [2.45, 2.75) is 11.8 Å². The van der Waals surface area contributed by atoms with Crippen molar-refractivity contribution in [1.29, 1.82) is 0 Å². The van der Waals surface area contributed by atoms with Gasteiger partial charge in [-0.3, -0.25) is 4.79 Å². The summed E-state index contributed by atoms with van der Waals surface area (Å²) >= 11 is 0. The molecule has 168 valence electrons. The van der Waals surface area contributed by atoms with E-state index in [4.69, 9.17) is 0 Å². The number of carbonyl (C=O) groups is 1. The van der Waals surface area contributed by atoms with Crippen LogP contribution in [-0.2, 0) is 9.84 Å². The second-order valence-electron chi connectivity index (χ2n) is 7.57. The molecule has 4 rings (SSSR count). The van der Waals surface area contributed by atoms with Crippen molar-refractivity contribution in [1.82, 2.24) is 15.1 Å². The van der Waals surface area contributed by atoms with E-state index < -0.39 is 15.7 Å². The molecule has 0 spiro atoms. The van der Waals surface area contributed by atoms with Gasteiger partial charge in [0.1, 0.15) is 11.5 Å². The first kappa shape index (κ1) is 22.4. The summed E-state index contributed by atoms with van der Waals surface area (Å²) in [6.07, 6.45) is 1.56. The van der Waals surface area contributed by atoms with Gasteiger partial charge in [0.25, 0.3) is 5.91 Å². The summed E-state index contributed by atoms with van der Waals surface area (Å²) in [6.45, 7) is 1.91. The van der Waals surface area contributed by atoms with Gasteiger partial charge in [-0.25, -0.2) is 17.5 Å². The number of hydrogen-bond acceptors (Lipinski definition) is 4. The number of aryl methyl sites for hydroxylation is 1. The Labute approximate surface area is 191 Å². The molecule has 0 aliphatic heterocycles. The van der Waals surface area contributed by atoms with Crippen molar-refractivity contribution in [2.24, 2.45) is 0 Å². The fourth-order valence-electron chi connectivity index (χ4n) is 3.33. The first-order valence-electron chi connectivity index (χ1n) is 10.3. The minimum absolute atomic E-state index is 0.0505. The van der Waals surface area contributed by atoms with E-state index in [-0.39, 0.29) is 23.0 Å². The van der Waals surface area contributed by atoms with Crippen molar-refractivity contribution in [2.75, 3.05) is 12.3 Å². The Balaban J connectivity index is 1.59. The van der Waals surface area contributed by atoms with Crippen LogP contribution >= 0.6 is 0 Å². The second kappa shape index (κ2) is 9.38. The van der Waals surface area contributed by atoms with E-state index in [9.17, 15) is 17.6 Å². The van der Waals surface area contributed by atoms with Crippen molar-refractivity contribution in [3.8, 4) is 16.9 Å². The van der Waals surface area contributed by atoms with Gasteiger partial charge in [0.15, 0.2) is 9.84 Å². The fourth-order valence-corrected chi connectivity index (χ4v) is 4.51. The summed E-state index contributed by atoms with van der Waals surface area (Å²) in [5.41, 5.74) is 3.14. The first-order valence-corrected chi connectivity index (χ1v) is 12.0. The molecule has 8 heteroatoms. The molecular weight excluding hydrogens is 441 g/mol. The Morgan fingerprint density at radius 2 is 1.64 bits per heavy atom. The average Bonchev–Trinajstić information content (AvgIpc) is 3.26. The number of amides is 1. The van der Waals surface area contributed by atoms with Crippen LogP contribution in [0, 0.1) is 12.7 Å². The number of rotatable bonds is 7. The smallest absolute Gasteiger partial charge is 0.255 e. The zero-order chi connectivity index (χ0) is 23.4. The molecule has 0 radical (unpaired) electrons. The fraction of sp³-hybridized carbons (Fsp3) is 0.120. The molecule has 0 bridgehead atoms. The molecule has 33 heavy (non-hydrogen) atoms. The first-order chi connectivity index (χ1) is 15.8. The van der Waals surface area contributed by atoms with Crippen molar-refractivity contribution in [3.05, 3.63) is 102 Å². The maximum absolute atomic E-state index is 13.3. The Morgan fingerprint density at radius 3 is 2.30 bits per heavy atom. The van der Waals surface area contributed by atoms with Gasteiger partial charge >= 0.3 is 0 Å². The summed E-state index contributed by atoms with van der Waals surface area (Å²) in [6, 6.07) is 21.4. The van der Waals surface area contributed by atoms with E-state index >= 15 is 0 Å². The molecule has 0 saturated heterocycles. The van der Waals surface area contributed by atoms with Crippen LogP contribution in [0.4, 0.5) is 4.39 Å². The number of hydrogen-bond donors (Lipinski definition) is 1. The quantitative estimate of drug-likeness (QED) is 0.446. The Morgan fingerprint density at radius 1 is 0.970 bits per heavy atom. The van der Waals surface area contributed by atoms with Crippen LogP contribution in [0.15, 0.2) is 90.0 Å². The predicted octanol–water partition coefficient (Wildman–Crippen LogP) is 4.19. The molecule has 3 aromatic carbocycles. The molecule has 1 amide bonds. The molecule has 0 unspecified atom stereocenters. The van der Waals surface area contributed by atoms with E-state index in [1.165, 1.54) is 28.9 Å². The maximum atomic E-state index is 13.3. The Kier molecular flexibility index (Phi) is 6.37. The van der Waals surface area contributed by atoms with E-state index in [1.807, 2.05) is 31.2 Å². The standard InChI is InChI=1S/C25H22FN3O3S/c1-18-7-9-19(10-8-18)24-23(17-29(28-24)21-13-11-20(26)12-14-21)25(30)27-15-16-33(31,32)22-5-3-2-4-6-22/h2-14,17H,15-16H2,1H3,(H,27,30). The normalized spacial score (nSPS) is 11.3. The zero-order valence-corrected chi connectivity index (χ0v) is 18.7. The van der Waals surface area contributed by atoms with Crippen LogP contribution in [0.3, 0.4) is 0 Å². The summed E-state index contributed by atoms with van der Waals surface area (Å²) in [5.74, 6) is -1.04. The summed E-state index contributed by atoms with van der Waals surface area (Å²) in [4.78, 5) is 13.2. The van der Waals surface area contributed by atoms with Crippen molar-refractivity contribution in [3.63, 3.8) is 0 Å². The number of aromatic nitrogens is 2. The molecule has 0 saturated carbocycles. The lowest BCUT2D eigenvalue weighted by molar-refractivity contribution is 0.0956. The number of carbonyl (C=O) groups excluding carboxylic acids is 1. The third kappa shape index (κ3) is 5.18. The number of sulfone groups is 1. The van der Waals surface area contributed by atoms with Gasteiger partial charge in [-0.05, 0) is 43.3 Å². The van der Waals surface area contributed by atoms with Crippen LogP contribution in [0.25, 0.3) is 16.9 Å². The summed E-state index contributed by atoms with van der Waals surface area (Å²) < 4.78 is 39.8. The Hall–Kier alpha value is -3.78. The van der Waals surface area contributed by atoms with E-state index in [1.54, 1.807) is 36.5 Å². The van der Waals surface area contributed by atoms with Crippen LogP contribution in [-0.4, -0.2) is 36.4 Å². The van der Waals surface area contributed by atoms with Gasteiger partial charge in [0.2, 0.25) is 0 Å². The summed E-state index contributed by atoms with van der Waals surface area (Å²) in [5, 5.41) is 7.24. The third-order valence-electron chi connectivity index (χ3n) is 5.13. The molecule has 1 N–H and O–H groups in total. The van der Waals surface area contributed by atoms with Crippen molar-refractivity contribution >= 4 is 15.7 Å². The largest absolute Gasteiger partial charge is 0.351 e. The molecule has 4 aromatic rings. The highest BCUT2D eigenvalue weighted by atomic mass is 32.2. The third-order valence-corrected chi connectivity index (χ3v) is 6.87. The molecule has 0 fully saturated rings. The molecular formula is C25H22FN3O3S. The molecule has 6 nitrogen and oxygen atoms in total. The van der Waals surface area contributed by atoms with Gasteiger partial charge in [-0.2, -0.15) is 5.10 Å². The SMILES string of the molecule is Cc1ccc(-c2nn(-c3ccc(F)cc3)cc2C(=O)NCCS(=O)(=O)c2ccccc2)cc1. The number of benzene rings is 3. The van der Waals surface area contributed by atoms with Crippen LogP contribution in [0.2, 0.25) is 0 Å². The van der Waals surface area contributed by atoms with E-state index in [0.717, 1.165) is 11.1 Å². The van der Waals surface area contributed by atoms with E-state index in [0.29, 0.717) is 16.9 Å². The lowest BCUT2D eigenvalue weighted by Gasteiger charge is -2.07. The van der Waals surface area contributed by atoms with Gasteiger partial charge in [0.05, 0.1) is 21.9 Å². The van der Waals surface area contributed by atoms with Gasteiger partial charge < -0.3 is 5.32 Å². The van der Waals surface area contributed by atoms with Crippen LogP contribution in [0.1, 0.15) is 15.9 Å². The van der Waals surface area contributed by atoms with Crippen LogP contribution < -0.4 is 5.32 Å². The summed E-state index contributed by atoms with van der Waals surface area (Å²) in [7, 11) is -3.52. The monoisotopic (exact) mass is 463 g/mol. The highest BCUT2D eigenvalue weighted by Crippen LogP contribution is 2.24.